The third-order valence-corrected chi connectivity index (χ3v) is 2.01. The van der Waals surface area contributed by atoms with Crippen LogP contribution in [0.25, 0.3) is 0 Å². The van der Waals surface area contributed by atoms with Gasteiger partial charge in [-0.2, -0.15) is 0 Å². The van der Waals surface area contributed by atoms with Crippen LogP contribution in [0.15, 0.2) is 6.07 Å². The van der Waals surface area contributed by atoms with E-state index in [1.807, 2.05) is 0 Å². The summed E-state index contributed by atoms with van der Waals surface area (Å²) in [6, 6.07) is 1.25. The molecule has 0 amide bonds. The van der Waals surface area contributed by atoms with E-state index in [1.54, 1.807) is 0 Å². The lowest BCUT2D eigenvalue weighted by atomic mass is 10.0. The molecule has 0 spiro atoms. The first-order valence-corrected chi connectivity index (χ1v) is 4.08. The SMILES string of the molecule is Cc1cc(C(O)CN)c(F)c(O)c1O. The Labute approximate surface area is 80.4 Å². The number of aliphatic hydroxyl groups excluding tert-OH is 1. The molecule has 4 nitrogen and oxygen atoms in total. The molecular formula is C9H12FNO3. The summed E-state index contributed by atoms with van der Waals surface area (Å²) < 4.78 is 13.3. The number of benzene rings is 1. The van der Waals surface area contributed by atoms with E-state index in [4.69, 9.17) is 15.9 Å². The van der Waals surface area contributed by atoms with Crippen LogP contribution in [0, 0.1) is 12.7 Å². The average Bonchev–Trinajstić information content (AvgIpc) is 2.19. The molecule has 0 aliphatic carbocycles. The summed E-state index contributed by atoms with van der Waals surface area (Å²) >= 11 is 0. The topological polar surface area (TPSA) is 86.7 Å². The maximum Gasteiger partial charge on any atom is 0.194 e. The van der Waals surface area contributed by atoms with Crippen LogP contribution in [0.1, 0.15) is 17.2 Å². The van der Waals surface area contributed by atoms with Gasteiger partial charge in [0, 0.05) is 12.1 Å². The lowest BCUT2D eigenvalue weighted by Crippen LogP contribution is -2.13. The van der Waals surface area contributed by atoms with Gasteiger partial charge in [0.2, 0.25) is 0 Å². The van der Waals surface area contributed by atoms with Crippen LogP contribution in [-0.4, -0.2) is 21.9 Å². The number of aromatic hydroxyl groups is 2. The van der Waals surface area contributed by atoms with E-state index >= 15 is 0 Å². The van der Waals surface area contributed by atoms with Crippen LogP contribution >= 0.6 is 0 Å². The van der Waals surface area contributed by atoms with Gasteiger partial charge in [0.05, 0.1) is 6.10 Å². The first-order valence-electron chi connectivity index (χ1n) is 4.08. The van der Waals surface area contributed by atoms with Gasteiger partial charge in [-0.15, -0.1) is 0 Å². The number of phenols is 2. The van der Waals surface area contributed by atoms with E-state index in [1.165, 1.54) is 13.0 Å². The molecule has 14 heavy (non-hydrogen) atoms. The summed E-state index contributed by atoms with van der Waals surface area (Å²) in [7, 11) is 0. The number of phenolic OH excluding ortho intramolecular Hbond substituents is 2. The Morgan fingerprint density at radius 3 is 2.50 bits per heavy atom. The standard InChI is InChI=1S/C9H12FNO3/c1-4-2-5(6(12)3-11)7(10)9(14)8(4)13/h2,6,12-14H,3,11H2,1H3. The van der Waals surface area contributed by atoms with Gasteiger partial charge in [0.25, 0.3) is 0 Å². The maximum atomic E-state index is 13.3. The highest BCUT2D eigenvalue weighted by Crippen LogP contribution is 2.35. The molecule has 0 heterocycles. The van der Waals surface area contributed by atoms with Crippen LogP contribution in [0.3, 0.4) is 0 Å². The predicted molar refractivity (Wildman–Crippen MR) is 48.5 cm³/mol. The molecular weight excluding hydrogens is 189 g/mol. The Morgan fingerprint density at radius 1 is 1.43 bits per heavy atom. The van der Waals surface area contributed by atoms with Crippen LogP contribution < -0.4 is 5.73 Å². The molecule has 1 aromatic carbocycles. The lowest BCUT2D eigenvalue weighted by molar-refractivity contribution is 0.180. The molecule has 1 rings (SSSR count). The molecule has 1 atom stereocenters. The fraction of sp³-hybridized carbons (Fsp3) is 0.333. The van der Waals surface area contributed by atoms with Crippen LogP contribution in [0.2, 0.25) is 0 Å². The molecule has 1 aromatic rings. The molecule has 78 valence electrons. The molecule has 0 saturated heterocycles. The Kier molecular flexibility index (Phi) is 2.93. The molecule has 0 radical (unpaired) electrons. The van der Waals surface area contributed by atoms with Crippen molar-refractivity contribution in [3.8, 4) is 11.5 Å². The highest BCUT2D eigenvalue weighted by Gasteiger charge is 2.19. The van der Waals surface area contributed by atoms with Crippen LogP contribution in [-0.2, 0) is 0 Å². The minimum atomic E-state index is -1.18. The fourth-order valence-electron chi connectivity index (χ4n) is 1.16. The van der Waals surface area contributed by atoms with E-state index in [9.17, 15) is 9.50 Å². The largest absolute Gasteiger partial charge is 0.504 e. The Bertz CT molecular complexity index is 354. The van der Waals surface area contributed by atoms with Crippen LogP contribution in [0.4, 0.5) is 4.39 Å². The van der Waals surface area contributed by atoms with E-state index in [-0.39, 0.29) is 17.7 Å². The van der Waals surface area contributed by atoms with Gasteiger partial charge in [-0.25, -0.2) is 4.39 Å². The summed E-state index contributed by atoms with van der Waals surface area (Å²) in [5.41, 5.74) is 5.32. The summed E-state index contributed by atoms with van der Waals surface area (Å²) in [5, 5.41) is 27.6. The van der Waals surface area contributed by atoms with Crippen molar-refractivity contribution in [1.29, 1.82) is 0 Å². The Balaban J connectivity index is 3.33. The summed E-state index contributed by atoms with van der Waals surface area (Å²) in [5.74, 6) is -2.41. The molecule has 5 heteroatoms. The maximum absolute atomic E-state index is 13.3. The highest BCUT2D eigenvalue weighted by molar-refractivity contribution is 5.48. The van der Waals surface area contributed by atoms with Gasteiger partial charge in [-0.05, 0) is 18.6 Å². The van der Waals surface area contributed by atoms with E-state index in [0.717, 1.165) is 0 Å². The van der Waals surface area contributed by atoms with Crippen molar-refractivity contribution >= 4 is 0 Å². The number of aliphatic hydroxyl groups is 1. The first-order chi connectivity index (χ1) is 6.49. The Morgan fingerprint density at radius 2 is 2.00 bits per heavy atom. The summed E-state index contributed by atoms with van der Waals surface area (Å²) in [6.07, 6.45) is -1.18. The van der Waals surface area contributed by atoms with E-state index < -0.39 is 23.4 Å². The van der Waals surface area contributed by atoms with Crippen molar-refractivity contribution in [1.82, 2.24) is 0 Å². The highest BCUT2D eigenvalue weighted by atomic mass is 19.1. The number of aryl methyl sites for hydroxylation is 1. The molecule has 0 aliphatic heterocycles. The minimum absolute atomic E-state index is 0.111. The number of nitrogens with two attached hydrogens (primary N) is 1. The molecule has 0 aliphatic rings. The van der Waals surface area contributed by atoms with Gasteiger partial charge in [0.1, 0.15) is 0 Å². The second-order valence-corrected chi connectivity index (χ2v) is 3.05. The van der Waals surface area contributed by atoms with Gasteiger partial charge in [0.15, 0.2) is 17.3 Å². The number of halogens is 1. The molecule has 0 fully saturated rings. The molecule has 0 aromatic heterocycles. The number of hydrogen-bond acceptors (Lipinski definition) is 4. The molecule has 1 unspecified atom stereocenters. The second-order valence-electron chi connectivity index (χ2n) is 3.05. The van der Waals surface area contributed by atoms with Crippen molar-refractivity contribution in [3.63, 3.8) is 0 Å². The van der Waals surface area contributed by atoms with Crippen molar-refractivity contribution in [3.05, 3.63) is 23.0 Å². The predicted octanol–water partition coefficient (Wildman–Crippen LogP) is 0.537. The van der Waals surface area contributed by atoms with E-state index in [0.29, 0.717) is 0 Å². The molecule has 0 saturated carbocycles. The first kappa shape index (κ1) is 10.7. The third-order valence-electron chi connectivity index (χ3n) is 2.01. The fourth-order valence-corrected chi connectivity index (χ4v) is 1.16. The molecule has 5 N–H and O–H groups in total. The summed E-state index contributed by atoms with van der Waals surface area (Å²) in [6.45, 7) is 1.34. The smallest absolute Gasteiger partial charge is 0.194 e. The quantitative estimate of drug-likeness (QED) is 0.526. The van der Waals surface area contributed by atoms with Crippen molar-refractivity contribution in [2.75, 3.05) is 6.54 Å². The zero-order chi connectivity index (χ0) is 10.9. The zero-order valence-electron chi connectivity index (χ0n) is 7.66. The zero-order valence-corrected chi connectivity index (χ0v) is 7.66. The normalized spacial score (nSPS) is 12.9. The van der Waals surface area contributed by atoms with Gasteiger partial charge < -0.3 is 21.1 Å². The number of hydrogen-bond donors (Lipinski definition) is 4. The summed E-state index contributed by atoms with van der Waals surface area (Å²) in [4.78, 5) is 0. The van der Waals surface area contributed by atoms with E-state index in [2.05, 4.69) is 0 Å². The van der Waals surface area contributed by atoms with Gasteiger partial charge in [-0.3, -0.25) is 0 Å². The second kappa shape index (κ2) is 3.81. The monoisotopic (exact) mass is 201 g/mol. The average molecular weight is 201 g/mol. The Hall–Kier alpha value is -1.33. The van der Waals surface area contributed by atoms with Gasteiger partial charge >= 0.3 is 0 Å². The van der Waals surface area contributed by atoms with Gasteiger partial charge in [-0.1, -0.05) is 0 Å². The third kappa shape index (κ3) is 1.64. The molecule has 0 bridgehead atoms. The number of rotatable bonds is 2. The van der Waals surface area contributed by atoms with Crippen molar-refractivity contribution < 1.29 is 19.7 Å². The minimum Gasteiger partial charge on any atom is -0.504 e. The lowest BCUT2D eigenvalue weighted by Gasteiger charge is -2.12. The van der Waals surface area contributed by atoms with Crippen LogP contribution in [0.5, 0.6) is 11.5 Å². The van der Waals surface area contributed by atoms with Crippen molar-refractivity contribution in [2.24, 2.45) is 5.73 Å². The van der Waals surface area contributed by atoms with Crippen molar-refractivity contribution in [2.45, 2.75) is 13.0 Å².